The number of carbonyl (C=O) groups excluding carboxylic acids is 2. The van der Waals surface area contributed by atoms with Crippen molar-refractivity contribution in [3.8, 4) is 0 Å². The van der Waals surface area contributed by atoms with Crippen LogP contribution >= 0.6 is 15.9 Å². The van der Waals surface area contributed by atoms with Gasteiger partial charge in [0.2, 0.25) is 0 Å². The highest BCUT2D eigenvalue weighted by atomic mass is 79.9. The number of hydrogen-bond acceptors (Lipinski definition) is 4. The number of nitrogens with two attached hydrogens (primary N) is 1. The molecule has 2 aromatic carbocycles. The third-order valence-electron chi connectivity index (χ3n) is 3.68. The van der Waals surface area contributed by atoms with E-state index in [1.54, 1.807) is 36.4 Å². The van der Waals surface area contributed by atoms with Crippen LogP contribution in [0.5, 0.6) is 0 Å². The highest BCUT2D eigenvalue weighted by molar-refractivity contribution is 9.10. The van der Waals surface area contributed by atoms with Gasteiger partial charge in [-0.2, -0.15) is 0 Å². The van der Waals surface area contributed by atoms with Crippen LogP contribution in [0.15, 0.2) is 46.9 Å². The lowest BCUT2D eigenvalue weighted by atomic mass is 9.88. The Kier molecular flexibility index (Phi) is 3.50. The van der Waals surface area contributed by atoms with E-state index in [4.69, 9.17) is 5.73 Å². The van der Waals surface area contributed by atoms with Gasteiger partial charge >= 0.3 is 0 Å². The van der Waals surface area contributed by atoms with Gasteiger partial charge in [0.1, 0.15) is 0 Å². The number of aliphatic hydroxyl groups is 1. The molecule has 0 saturated carbocycles. The number of Topliss-reactive ketones (excluding diaryl/α,β-unsaturated/α-hetero) is 1. The smallest absolute Gasteiger partial charge is 0.261 e. The molecule has 4 N–H and O–H groups in total. The monoisotopic (exact) mass is 360 g/mol. The number of anilines is 2. The van der Waals surface area contributed by atoms with E-state index in [1.165, 1.54) is 6.07 Å². The SMILES string of the molecule is Nc1cccc(C(=O)C[C@]2(O)C(=O)Nc3ccc(Br)cc32)c1. The van der Waals surface area contributed by atoms with Crippen LogP contribution in [0.25, 0.3) is 0 Å². The zero-order valence-electron chi connectivity index (χ0n) is 11.5. The summed E-state index contributed by atoms with van der Waals surface area (Å²) in [6.45, 7) is 0. The first-order valence-electron chi connectivity index (χ1n) is 6.63. The van der Waals surface area contributed by atoms with Crippen molar-refractivity contribution in [3.63, 3.8) is 0 Å². The molecular weight excluding hydrogens is 348 g/mol. The Morgan fingerprint density at radius 2 is 2.05 bits per heavy atom. The molecule has 112 valence electrons. The Labute approximate surface area is 135 Å². The van der Waals surface area contributed by atoms with Gasteiger partial charge in [-0.25, -0.2) is 0 Å². The van der Waals surface area contributed by atoms with Gasteiger partial charge in [-0.1, -0.05) is 28.1 Å². The molecule has 1 heterocycles. The second-order valence-corrected chi connectivity index (χ2v) is 6.15. The Balaban J connectivity index is 1.96. The molecule has 0 radical (unpaired) electrons. The van der Waals surface area contributed by atoms with E-state index in [1.807, 2.05) is 0 Å². The van der Waals surface area contributed by atoms with Crippen molar-refractivity contribution in [2.45, 2.75) is 12.0 Å². The Morgan fingerprint density at radius 1 is 1.27 bits per heavy atom. The maximum atomic E-state index is 12.4. The van der Waals surface area contributed by atoms with Crippen molar-refractivity contribution >= 4 is 39.0 Å². The van der Waals surface area contributed by atoms with Crippen LogP contribution in [0, 0.1) is 0 Å². The number of hydrogen-bond donors (Lipinski definition) is 3. The minimum atomic E-state index is -1.87. The van der Waals surface area contributed by atoms with Gasteiger partial charge in [0, 0.05) is 27.0 Å². The molecule has 0 saturated heterocycles. The molecule has 1 atom stereocenters. The molecule has 1 aliphatic rings. The van der Waals surface area contributed by atoms with Gasteiger partial charge in [-0.15, -0.1) is 0 Å². The minimum absolute atomic E-state index is 0.342. The van der Waals surface area contributed by atoms with Crippen molar-refractivity contribution in [1.82, 2.24) is 0 Å². The predicted molar refractivity (Wildman–Crippen MR) is 86.5 cm³/mol. The summed E-state index contributed by atoms with van der Waals surface area (Å²) < 4.78 is 0.720. The number of ketones is 1. The van der Waals surface area contributed by atoms with Crippen molar-refractivity contribution in [2.75, 3.05) is 11.1 Å². The molecule has 3 rings (SSSR count). The minimum Gasteiger partial charge on any atom is -0.399 e. The Morgan fingerprint density at radius 3 is 2.77 bits per heavy atom. The van der Waals surface area contributed by atoms with E-state index in [9.17, 15) is 14.7 Å². The van der Waals surface area contributed by atoms with Crippen molar-refractivity contribution in [3.05, 3.63) is 58.1 Å². The summed E-state index contributed by atoms with van der Waals surface area (Å²) in [7, 11) is 0. The second kappa shape index (κ2) is 5.23. The largest absolute Gasteiger partial charge is 0.399 e. The molecule has 1 amide bonds. The van der Waals surface area contributed by atoms with Gasteiger partial charge in [0.15, 0.2) is 11.4 Å². The van der Waals surface area contributed by atoms with Crippen LogP contribution < -0.4 is 11.1 Å². The van der Waals surface area contributed by atoms with Crippen LogP contribution in [0.2, 0.25) is 0 Å². The van der Waals surface area contributed by atoms with E-state index < -0.39 is 11.5 Å². The molecular formula is C16H13BrN2O3. The summed E-state index contributed by atoms with van der Waals surface area (Å²) >= 11 is 3.31. The summed E-state index contributed by atoms with van der Waals surface area (Å²) in [5.74, 6) is -0.948. The summed E-state index contributed by atoms with van der Waals surface area (Å²) in [5.41, 5.74) is 5.51. The van der Waals surface area contributed by atoms with Crippen LogP contribution in [0.1, 0.15) is 22.3 Å². The molecule has 6 heteroatoms. The number of rotatable bonds is 3. The zero-order valence-corrected chi connectivity index (χ0v) is 13.1. The second-order valence-electron chi connectivity index (χ2n) is 5.23. The van der Waals surface area contributed by atoms with Crippen molar-refractivity contribution < 1.29 is 14.7 Å². The van der Waals surface area contributed by atoms with Crippen LogP contribution in [0.3, 0.4) is 0 Å². The summed E-state index contributed by atoms with van der Waals surface area (Å²) in [6.07, 6.45) is -0.342. The van der Waals surface area contributed by atoms with Crippen LogP contribution in [0.4, 0.5) is 11.4 Å². The molecule has 1 aliphatic heterocycles. The average Bonchev–Trinajstić information content (AvgIpc) is 2.71. The number of benzene rings is 2. The van der Waals surface area contributed by atoms with E-state index in [2.05, 4.69) is 21.2 Å². The number of nitrogen functional groups attached to an aromatic ring is 1. The number of amides is 1. The first-order chi connectivity index (χ1) is 10.4. The molecule has 0 bridgehead atoms. The van der Waals surface area contributed by atoms with Crippen LogP contribution in [-0.2, 0) is 10.4 Å². The fraction of sp³-hybridized carbons (Fsp3) is 0.125. The third-order valence-corrected chi connectivity index (χ3v) is 4.17. The van der Waals surface area contributed by atoms with Gasteiger partial charge in [0.25, 0.3) is 5.91 Å². The quantitative estimate of drug-likeness (QED) is 0.578. The molecule has 0 aromatic heterocycles. The maximum absolute atomic E-state index is 12.4. The molecule has 0 unspecified atom stereocenters. The van der Waals surface area contributed by atoms with E-state index in [-0.39, 0.29) is 12.2 Å². The van der Waals surface area contributed by atoms with Gasteiger partial charge in [-0.3, -0.25) is 9.59 Å². The molecule has 2 aromatic rings. The zero-order chi connectivity index (χ0) is 15.9. The summed E-state index contributed by atoms with van der Waals surface area (Å²) in [5, 5.41) is 13.3. The van der Waals surface area contributed by atoms with Gasteiger partial charge in [-0.05, 0) is 30.3 Å². The standard InChI is InChI=1S/C16H13BrN2O3/c17-10-4-5-13-12(7-10)16(22,15(21)19-13)8-14(20)9-2-1-3-11(18)6-9/h1-7,22H,8,18H2,(H,19,21)/t16-/m1/s1. The van der Waals surface area contributed by atoms with Gasteiger partial charge in [0.05, 0.1) is 6.42 Å². The number of carbonyl (C=O) groups is 2. The lowest BCUT2D eigenvalue weighted by Gasteiger charge is -2.20. The molecule has 0 spiro atoms. The molecule has 0 fully saturated rings. The van der Waals surface area contributed by atoms with E-state index >= 15 is 0 Å². The highest BCUT2D eigenvalue weighted by Crippen LogP contribution is 2.40. The summed E-state index contributed by atoms with van der Waals surface area (Å²) in [6, 6.07) is 11.5. The lowest BCUT2D eigenvalue weighted by Crippen LogP contribution is -2.36. The number of halogens is 1. The van der Waals surface area contributed by atoms with E-state index in [0.29, 0.717) is 22.5 Å². The molecule has 22 heavy (non-hydrogen) atoms. The Bertz CT molecular complexity index is 791. The van der Waals surface area contributed by atoms with Crippen molar-refractivity contribution in [1.29, 1.82) is 0 Å². The average molecular weight is 361 g/mol. The number of fused-ring (bicyclic) bond motifs is 1. The molecule has 5 nitrogen and oxygen atoms in total. The molecule has 0 aliphatic carbocycles. The third kappa shape index (κ3) is 2.40. The fourth-order valence-electron chi connectivity index (χ4n) is 2.54. The van der Waals surface area contributed by atoms with Gasteiger partial charge < -0.3 is 16.2 Å². The van der Waals surface area contributed by atoms with E-state index in [0.717, 1.165) is 4.47 Å². The van der Waals surface area contributed by atoms with Crippen LogP contribution in [-0.4, -0.2) is 16.8 Å². The summed E-state index contributed by atoms with van der Waals surface area (Å²) in [4.78, 5) is 24.5. The first kappa shape index (κ1) is 14.7. The maximum Gasteiger partial charge on any atom is 0.261 e. The lowest BCUT2D eigenvalue weighted by molar-refractivity contribution is -0.133. The first-order valence-corrected chi connectivity index (χ1v) is 7.42. The highest BCUT2D eigenvalue weighted by Gasteiger charge is 2.46. The van der Waals surface area contributed by atoms with Crippen molar-refractivity contribution in [2.24, 2.45) is 0 Å². The topological polar surface area (TPSA) is 92.4 Å². The Hall–Kier alpha value is -2.18. The predicted octanol–water partition coefficient (Wildman–Crippen LogP) is 2.44. The normalized spacial score (nSPS) is 19.6. The number of nitrogens with one attached hydrogen (secondary N) is 1. The fourth-order valence-corrected chi connectivity index (χ4v) is 2.90.